The Morgan fingerprint density at radius 3 is 2.80 bits per heavy atom. The number of thioether (sulfide) groups is 1. The van der Waals surface area contributed by atoms with E-state index in [9.17, 15) is 13.6 Å². The number of halogens is 2. The van der Waals surface area contributed by atoms with E-state index in [0.29, 0.717) is 6.54 Å². The van der Waals surface area contributed by atoms with Crippen molar-refractivity contribution < 1.29 is 13.6 Å². The molecular formula is C15H17F2NOS. The van der Waals surface area contributed by atoms with Gasteiger partial charge in [-0.15, -0.1) is 11.8 Å². The normalized spacial score (nSPS) is 18.9. The van der Waals surface area contributed by atoms with Crippen LogP contribution in [0.5, 0.6) is 0 Å². The second-order valence-corrected chi connectivity index (χ2v) is 5.90. The Morgan fingerprint density at radius 2 is 2.15 bits per heavy atom. The molecule has 1 aliphatic heterocycles. The van der Waals surface area contributed by atoms with Crippen molar-refractivity contribution >= 4 is 23.7 Å². The highest BCUT2D eigenvalue weighted by Crippen LogP contribution is 2.27. The van der Waals surface area contributed by atoms with E-state index in [1.165, 1.54) is 30.4 Å². The first-order valence-corrected chi connectivity index (χ1v) is 7.72. The van der Waals surface area contributed by atoms with Crippen LogP contribution in [0.4, 0.5) is 8.78 Å². The highest BCUT2D eigenvalue weighted by atomic mass is 32.2. The molecule has 1 unspecified atom stereocenters. The molecule has 1 atom stereocenters. The summed E-state index contributed by atoms with van der Waals surface area (Å²) in [5.74, 6) is -0.584. The summed E-state index contributed by atoms with van der Waals surface area (Å²) in [4.78, 5) is 13.9. The van der Waals surface area contributed by atoms with Crippen LogP contribution in [-0.2, 0) is 4.79 Å². The number of nitrogens with zero attached hydrogens (tertiary/aromatic N) is 1. The summed E-state index contributed by atoms with van der Waals surface area (Å²) < 4.78 is 26.9. The molecule has 0 aromatic heterocycles. The minimum atomic E-state index is -0.657. The molecule has 1 saturated heterocycles. The average molecular weight is 297 g/mol. The summed E-state index contributed by atoms with van der Waals surface area (Å²) in [7, 11) is 0. The van der Waals surface area contributed by atoms with Crippen LogP contribution >= 0.6 is 11.8 Å². The zero-order valence-electron chi connectivity index (χ0n) is 11.3. The topological polar surface area (TPSA) is 20.3 Å². The molecule has 1 aromatic carbocycles. The molecule has 1 amide bonds. The Kier molecular flexibility index (Phi) is 5.17. The molecule has 108 valence electrons. The quantitative estimate of drug-likeness (QED) is 0.790. The van der Waals surface area contributed by atoms with E-state index in [-0.39, 0.29) is 16.8 Å². The van der Waals surface area contributed by atoms with Gasteiger partial charge in [0.05, 0.1) is 5.37 Å². The second-order valence-electron chi connectivity index (χ2n) is 4.61. The number of hydrogen-bond acceptors (Lipinski definition) is 2. The first-order valence-electron chi connectivity index (χ1n) is 6.67. The van der Waals surface area contributed by atoms with Crippen LogP contribution in [0.15, 0.2) is 24.3 Å². The van der Waals surface area contributed by atoms with Gasteiger partial charge in [-0.2, -0.15) is 0 Å². The van der Waals surface area contributed by atoms with E-state index in [2.05, 4.69) is 6.92 Å². The van der Waals surface area contributed by atoms with Crippen molar-refractivity contribution in [2.75, 3.05) is 12.3 Å². The number of amides is 1. The Hall–Kier alpha value is -1.36. The predicted molar refractivity (Wildman–Crippen MR) is 78.3 cm³/mol. The minimum absolute atomic E-state index is 0.167. The van der Waals surface area contributed by atoms with Gasteiger partial charge in [0.15, 0.2) is 0 Å². The fraction of sp³-hybridized carbons (Fsp3) is 0.400. The zero-order valence-corrected chi connectivity index (χ0v) is 12.1. The van der Waals surface area contributed by atoms with E-state index in [0.717, 1.165) is 18.6 Å². The number of benzene rings is 1. The van der Waals surface area contributed by atoms with Crippen molar-refractivity contribution in [1.29, 1.82) is 0 Å². The van der Waals surface area contributed by atoms with Crippen LogP contribution in [0.25, 0.3) is 6.08 Å². The molecule has 0 bridgehead atoms. The number of hydrogen-bond donors (Lipinski definition) is 0. The van der Waals surface area contributed by atoms with Gasteiger partial charge in [0.1, 0.15) is 11.6 Å². The largest absolute Gasteiger partial charge is 0.326 e. The maximum Gasteiger partial charge on any atom is 0.247 e. The van der Waals surface area contributed by atoms with Crippen LogP contribution in [0.3, 0.4) is 0 Å². The molecule has 5 heteroatoms. The van der Waals surface area contributed by atoms with Gasteiger partial charge in [-0.3, -0.25) is 4.79 Å². The fourth-order valence-electron chi connectivity index (χ4n) is 2.18. The van der Waals surface area contributed by atoms with Crippen molar-refractivity contribution in [3.8, 4) is 0 Å². The van der Waals surface area contributed by atoms with Gasteiger partial charge in [0.2, 0.25) is 5.91 Å². The second kappa shape index (κ2) is 6.88. The first-order chi connectivity index (χ1) is 9.63. The standard InChI is InChI=1S/C15H17F2NOS/c1-2-4-15-18(9-10-20-15)14(19)8-7-11-12(16)5-3-6-13(11)17/h3,5-8,15H,2,4,9-10H2,1H3/b8-7+. The van der Waals surface area contributed by atoms with Crippen LogP contribution in [0, 0.1) is 11.6 Å². The summed E-state index contributed by atoms with van der Waals surface area (Å²) in [6.07, 6.45) is 4.43. The smallest absolute Gasteiger partial charge is 0.247 e. The Labute approximate surface area is 121 Å². The van der Waals surface area contributed by atoms with Crippen molar-refractivity contribution in [2.24, 2.45) is 0 Å². The molecule has 20 heavy (non-hydrogen) atoms. The lowest BCUT2D eigenvalue weighted by atomic mass is 10.2. The van der Waals surface area contributed by atoms with E-state index in [4.69, 9.17) is 0 Å². The zero-order chi connectivity index (χ0) is 14.5. The van der Waals surface area contributed by atoms with Crippen molar-refractivity contribution in [3.05, 3.63) is 41.5 Å². The minimum Gasteiger partial charge on any atom is -0.326 e. The third kappa shape index (κ3) is 3.39. The highest BCUT2D eigenvalue weighted by molar-refractivity contribution is 8.00. The average Bonchev–Trinajstić information content (AvgIpc) is 2.87. The molecule has 2 nitrogen and oxygen atoms in total. The van der Waals surface area contributed by atoms with Crippen LogP contribution in [0.1, 0.15) is 25.3 Å². The maximum atomic E-state index is 13.5. The number of rotatable bonds is 4. The lowest BCUT2D eigenvalue weighted by molar-refractivity contribution is -0.126. The number of carbonyl (C=O) groups is 1. The lowest BCUT2D eigenvalue weighted by Crippen LogP contribution is -2.33. The Morgan fingerprint density at radius 1 is 1.45 bits per heavy atom. The van der Waals surface area contributed by atoms with Crippen molar-refractivity contribution in [2.45, 2.75) is 25.1 Å². The van der Waals surface area contributed by atoms with Gasteiger partial charge in [0, 0.05) is 23.9 Å². The molecular weight excluding hydrogens is 280 g/mol. The SMILES string of the molecule is CCCC1SCCN1C(=O)/C=C/c1c(F)cccc1F. The highest BCUT2D eigenvalue weighted by Gasteiger charge is 2.27. The van der Waals surface area contributed by atoms with Crippen LogP contribution in [-0.4, -0.2) is 28.5 Å². The fourth-order valence-corrected chi connectivity index (χ4v) is 3.55. The molecule has 1 fully saturated rings. The van der Waals surface area contributed by atoms with Crippen molar-refractivity contribution in [3.63, 3.8) is 0 Å². The van der Waals surface area contributed by atoms with E-state index < -0.39 is 11.6 Å². The third-order valence-corrected chi connectivity index (χ3v) is 4.49. The Bertz CT molecular complexity index is 498. The van der Waals surface area contributed by atoms with E-state index in [1.807, 2.05) is 0 Å². The molecule has 2 rings (SSSR count). The number of carbonyl (C=O) groups excluding carboxylic acids is 1. The summed E-state index contributed by atoms with van der Waals surface area (Å²) in [5.41, 5.74) is -0.167. The molecule has 0 aliphatic carbocycles. The summed E-state index contributed by atoms with van der Waals surface area (Å²) >= 11 is 1.75. The van der Waals surface area contributed by atoms with Gasteiger partial charge in [-0.05, 0) is 24.6 Å². The monoisotopic (exact) mass is 297 g/mol. The van der Waals surface area contributed by atoms with Crippen molar-refractivity contribution in [1.82, 2.24) is 4.90 Å². The van der Waals surface area contributed by atoms with E-state index in [1.54, 1.807) is 16.7 Å². The summed E-state index contributed by atoms with van der Waals surface area (Å²) in [5, 5.41) is 0.183. The molecule has 1 heterocycles. The summed E-state index contributed by atoms with van der Waals surface area (Å²) in [6.45, 7) is 2.77. The molecule has 0 spiro atoms. The molecule has 0 saturated carbocycles. The lowest BCUT2D eigenvalue weighted by Gasteiger charge is -2.21. The van der Waals surface area contributed by atoms with E-state index >= 15 is 0 Å². The van der Waals surface area contributed by atoms with Crippen LogP contribution < -0.4 is 0 Å². The Balaban J connectivity index is 2.09. The van der Waals surface area contributed by atoms with Gasteiger partial charge in [0.25, 0.3) is 0 Å². The van der Waals surface area contributed by atoms with Gasteiger partial charge < -0.3 is 4.90 Å². The molecule has 1 aromatic rings. The maximum absolute atomic E-state index is 13.5. The van der Waals surface area contributed by atoms with Gasteiger partial charge in [-0.25, -0.2) is 8.78 Å². The van der Waals surface area contributed by atoms with Crippen LogP contribution in [0.2, 0.25) is 0 Å². The van der Waals surface area contributed by atoms with Gasteiger partial charge >= 0.3 is 0 Å². The molecule has 0 N–H and O–H groups in total. The predicted octanol–water partition coefficient (Wildman–Crippen LogP) is 3.68. The van der Waals surface area contributed by atoms with Gasteiger partial charge in [-0.1, -0.05) is 19.4 Å². The molecule has 0 radical (unpaired) electrons. The summed E-state index contributed by atoms with van der Waals surface area (Å²) in [6, 6.07) is 3.66. The third-order valence-electron chi connectivity index (χ3n) is 3.20. The molecule has 1 aliphatic rings. The first kappa shape index (κ1) is 15.0.